The summed E-state index contributed by atoms with van der Waals surface area (Å²) in [5.74, 6) is -0.768. The molecule has 1 amide bonds. The van der Waals surface area contributed by atoms with Gasteiger partial charge in [-0.15, -0.1) is 0 Å². The number of aromatic nitrogens is 1. The van der Waals surface area contributed by atoms with Crippen molar-refractivity contribution in [2.75, 3.05) is 6.54 Å². The SMILES string of the molecule is CC(C)(C)c1ccc(Cn2c(C(=O)[C@H](Cc3ccc(C(=O)NCCC(=O)O)cc3)CC3CC3)cc3cc(Cl)ccc32)cc1. The molecule has 1 heterocycles. The number of hydrogen-bond donors (Lipinski definition) is 2. The van der Waals surface area contributed by atoms with Crippen molar-refractivity contribution in [3.63, 3.8) is 0 Å². The summed E-state index contributed by atoms with van der Waals surface area (Å²) in [6.07, 6.45) is 3.59. The van der Waals surface area contributed by atoms with Crippen LogP contribution in [0.15, 0.2) is 72.8 Å². The number of carboxylic acid groups (broad SMARTS) is 1. The number of halogens is 1. The van der Waals surface area contributed by atoms with E-state index in [9.17, 15) is 14.4 Å². The van der Waals surface area contributed by atoms with Gasteiger partial charge in [-0.1, -0.05) is 81.6 Å². The molecule has 0 radical (unpaired) electrons. The first-order valence-electron chi connectivity index (χ1n) is 15.0. The van der Waals surface area contributed by atoms with Crippen LogP contribution >= 0.6 is 11.6 Å². The molecule has 0 spiro atoms. The molecular formula is C36H39ClN2O4. The van der Waals surface area contributed by atoms with E-state index in [-0.39, 0.29) is 36.0 Å². The number of rotatable bonds is 12. The molecule has 5 rings (SSSR count). The maximum Gasteiger partial charge on any atom is 0.305 e. The fourth-order valence-corrected chi connectivity index (χ4v) is 5.80. The topological polar surface area (TPSA) is 88.4 Å². The lowest BCUT2D eigenvalue weighted by atomic mass is 9.86. The van der Waals surface area contributed by atoms with Crippen molar-refractivity contribution in [1.29, 1.82) is 0 Å². The van der Waals surface area contributed by atoms with Crippen LogP contribution in [-0.2, 0) is 23.2 Å². The maximum atomic E-state index is 14.3. The van der Waals surface area contributed by atoms with Crippen LogP contribution < -0.4 is 5.32 Å². The molecule has 3 aromatic carbocycles. The Morgan fingerprint density at radius 1 is 0.953 bits per heavy atom. The molecule has 1 aromatic heterocycles. The Morgan fingerprint density at radius 3 is 2.26 bits per heavy atom. The lowest BCUT2D eigenvalue weighted by Gasteiger charge is -2.20. The number of carbonyl (C=O) groups is 3. The molecule has 4 aromatic rings. The van der Waals surface area contributed by atoms with Crippen LogP contribution in [0.4, 0.5) is 0 Å². The predicted octanol–water partition coefficient (Wildman–Crippen LogP) is 7.69. The highest BCUT2D eigenvalue weighted by molar-refractivity contribution is 6.31. The fraction of sp³-hybridized carbons (Fsp3) is 0.361. The third kappa shape index (κ3) is 7.74. The predicted molar refractivity (Wildman–Crippen MR) is 171 cm³/mol. The number of nitrogens with zero attached hydrogens (tertiary/aromatic N) is 1. The summed E-state index contributed by atoms with van der Waals surface area (Å²) < 4.78 is 2.13. The molecule has 6 nitrogen and oxygen atoms in total. The van der Waals surface area contributed by atoms with Gasteiger partial charge in [-0.3, -0.25) is 14.4 Å². The van der Waals surface area contributed by atoms with Gasteiger partial charge in [0.1, 0.15) is 0 Å². The summed E-state index contributed by atoms with van der Waals surface area (Å²) in [5.41, 5.74) is 5.59. The van der Waals surface area contributed by atoms with E-state index in [4.69, 9.17) is 16.7 Å². The number of fused-ring (bicyclic) bond motifs is 1. The monoisotopic (exact) mass is 598 g/mol. The van der Waals surface area contributed by atoms with Gasteiger partial charge in [-0.05, 0) is 77.3 Å². The number of carbonyl (C=O) groups excluding carboxylic acids is 2. The minimum Gasteiger partial charge on any atom is -0.481 e. The second-order valence-electron chi connectivity index (χ2n) is 12.8. The summed E-state index contributed by atoms with van der Waals surface area (Å²) in [5, 5.41) is 13.0. The minimum absolute atomic E-state index is 0.0644. The van der Waals surface area contributed by atoms with Gasteiger partial charge in [0.2, 0.25) is 0 Å². The smallest absolute Gasteiger partial charge is 0.305 e. The molecule has 0 aliphatic heterocycles. The highest BCUT2D eigenvalue weighted by atomic mass is 35.5. The Morgan fingerprint density at radius 2 is 1.63 bits per heavy atom. The summed E-state index contributed by atoms with van der Waals surface area (Å²) in [6, 6.07) is 23.7. The van der Waals surface area contributed by atoms with Gasteiger partial charge >= 0.3 is 5.97 Å². The third-order valence-electron chi connectivity index (χ3n) is 8.28. The van der Waals surface area contributed by atoms with E-state index >= 15 is 0 Å². The zero-order valence-electron chi connectivity index (χ0n) is 25.0. The molecule has 1 fully saturated rings. The summed E-state index contributed by atoms with van der Waals surface area (Å²) in [7, 11) is 0. The van der Waals surface area contributed by atoms with Crippen molar-refractivity contribution < 1.29 is 19.5 Å². The highest BCUT2D eigenvalue weighted by Crippen LogP contribution is 2.38. The van der Waals surface area contributed by atoms with Gasteiger partial charge in [0.25, 0.3) is 5.91 Å². The molecule has 0 bridgehead atoms. The molecular weight excluding hydrogens is 560 g/mol. The van der Waals surface area contributed by atoms with Crippen molar-refractivity contribution in [3.8, 4) is 0 Å². The summed E-state index contributed by atoms with van der Waals surface area (Å²) >= 11 is 6.36. The molecule has 1 saturated carbocycles. The van der Waals surface area contributed by atoms with E-state index < -0.39 is 5.97 Å². The Kier molecular flexibility index (Phi) is 9.07. The number of Topliss-reactive ketones (excluding diaryl/α,β-unsaturated/α-hetero) is 1. The lowest BCUT2D eigenvalue weighted by molar-refractivity contribution is -0.136. The Labute approximate surface area is 258 Å². The second-order valence-corrected chi connectivity index (χ2v) is 13.2. The minimum atomic E-state index is -0.956. The van der Waals surface area contributed by atoms with Crippen LogP contribution in [0.5, 0.6) is 0 Å². The Balaban J connectivity index is 1.40. The first-order valence-corrected chi connectivity index (χ1v) is 15.4. The molecule has 224 valence electrons. The second kappa shape index (κ2) is 12.8. The normalized spacial score (nSPS) is 14.0. The molecule has 2 N–H and O–H groups in total. The van der Waals surface area contributed by atoms with Gasteiger partial charge in [0.15, 0.2) is 5.78 Å². The van der Waals surface area contributed by atoms with E-state index in [1.165, 1.54) is 5.56 Å². The number of benzene rings is 3. The van der Waals surface area contributed by atoms with Crippen molar-refractivity contribution in [3.05, 3.63) is 106 Å². The fourth-order valence-electron chi connectivity index (χ4n) is 5.62. The first kappa shape index (κ1) is 30.6. The number of hydrogen-bond acceptors (Lipinski definition) is 3. The van der Waals surface area contributed by atoms with E-state index in [1.54, 1.807) is 12.1 Å². The van der Waals surface area contributed by atoms with E-state index in [1.807, 2.05) is 36.4 Å². The Bertz CT molecular complexity index is 1630. The maximum absolute atomic E-state index is 14.3. The molecule has 0 unspecified atom stereocenters. The average molecular weight is 599 g/mol. The number of carboxylic acids is 1. The third-order valence-corrected chi connectivity index (χ3v) is 8.52. The standard InChI is InChI=1S/C36H39ClN2O4/c1-36(2,3)29-12-8-25(9-13-29)22-39-31-15-14-30(37)20-27(31)21-32(39)34(42)28(18-23-4-5-23)19-24-6-10-26(11-7-24)35(43)38-17-16-33(40)41/h6-15,20-21,23,28H,4-5,16-19,22H2,1-3H3,(H,38,43)(H,40,41)/t28-/m0/s1. The van der Waals surface area contributed by atoms with Crippen LogP contribution in [0.25, 0.3) is 10.9 Å². The van der Waals surface area contributed by atoms with Crippen LogP contribution in [0.2, 0.25) is 5.02 Å². The summed E-state index contributed by atoms with van der Waals surface area (Å²) in [4.78, 5) is 37.5. The van der Waals surface area contributed by atoms with Crippen molar-refractivity contribution in [2.24, 2.45) is 11.8 Å². The number of nitrogens with one attached hydrogen (secondary N) is 1. The molecule has 7 heteroatoms. The van der Waals surface area contributed by atoms with Crippen LogP contribution in [0.1, 0.15) is 84.0 Å². The van der Waals surface area contributed by atoms with Gasteiger partial charge < -0.3 is 15.0 Å². The van der Waals surface area contributed by atoms with Crippen LogP contribution in [0, 0.1) is 11.8 Å². The Hall–Kier alpha value is -3.90. The first-order chi connectivity index (χ1) is 20.5. The van der Waals surface area contributed by atoms with Crippen LogP contribution in [-0.4, -0.2) is 33.9 Å². The number of amides is 1. The molecule has 0 saturated heterocycles. The quantitative estimate of drug-likeness (QED) is 0.164. The molecule has 43 heavy (non-hydrogen) atoms. The van der Waals surface area contributed by atoms with Gasteiger partial charge in [0, 0.05) is 40.5 Å². The van der Waals surface area contributed by atoms with E-state index in [0.717, 1.165) is 41.3 Å². The highest BCUT2D eigenvalue weighted by Gasteiger charge is 2.32. The largest absolute Gasteiger partial charge is 0.481 e. The average Bonchev–Trinajstić information content (AvgIpc) is 3.72. The van der Waals surface area contributed by atoms with E-state index in [2.05, 4.69) is 54.9 Å². The lowest BCUT2D eigenvalue weighted by Crippen LogP contribution is -2.26. The van der Waals surface area contributed by atoms with Gasteiger partial charge in [-0.2, -0.15) is 0 Å². The van der Waals surface area contributed by atoms with Gasteiger partial charge in [0.05, 0.1) is 12.1 Å². The molecule has 1 aliphatic rings. The molecule has 1 aliphatic carbocycles. The van der Waals surface area contributed by atoms with Crippen molar-refractivity contribution in [2.45, 2.75) is 64.8 Å². The van der Waals surface area contributed by atoms with Crippen molar-refractivity contribution >= 4 is 40.2 Å². The van der Waals surface area contributed by atoms with Crippen molar-refractivity contribution in [1.82, 2.24) is 9.88 Å². The zero-order chi connectivity index (χ0) is 30.7. The summed E-state index contributed by atoms with van der Waals surface area (Å²) in [6.45, 7) is 7.26. The van der Waals surface area contributed by atoms with Gasteiger partial charge in [-0.25, -0.2) is 0 Å². The number of ketones is 1. The van der Waals surface area contributed by atoms with E-state index in [0.29, 0.717) is 35.2 Å². The number of aliphatic carboxylic acids is 1. The molecule has 1 atom stereocenters. The zero-order valence-corrected chi connectivity index (χ0v) is 25.8. The van der Waals surface area contributed by atoms with Crippen LogP contribution in [0.3, 0.4) is 0 Å².